The van der Waals surface area contributed by atoms with Crippen LogP contribution in [0.25, 0.3) is 17.0 Å². The Bertz CT molecular complexity index is 1400. The van der Waals surface area contributed by atoms with Crippen LogP contribution in [0.2, 0.25) is 10.2 Å². The van der Waals surface area contributed by atoms with Crippen molar-refractivity contribution >= 4 is 34.5 Å². The maximum atomic E-state index is 13.8. The third-order valence-electron chi connectivity index (χ3n) is 6.01. The second-order valence-corrected chi connectivity index (χ2v) is 8.97. The van der Waals surface area contributed by atoms with Crippen LogP contribution in [-0.4, -0.2) is 31.1 Å². The summed E-state index contributed by atoms with van der Waals surface area (Å²) in [6.07, 6.45) is 2.75. The molecule has 1 saturated heterocycles. The van der Waals surface area contributed by atoms with E-state index in [0.29, 0.717) is 52.3 Å². The molecule has 2 unspecified atom stereocenters. The second kappa shape index (κ2) is 8.82. The number of pyridine rings is 1. The molecule has 33 heavy (non-hydrogen) atoms. The third-order valence-corrected chi connectivity index (χ3v) is 6.47. The zero-order chi connectivity index (χ0) is 23.1. The van der Waals surface area contributed by atoms with Crippen molar-refractivity contribution in [2.75, 3.05) is 6.61 Å². The van der Waals surface area contributed by atoms with Gasteiger partial charge in [-0.3, -0.25) is 9.36 Å². The van der Waals surface area contributed by atoms with Crippen molar-refractivity contribution in [3.05, 3.63) is 85.8 Å². The second-order valence-electron chi connectivity index (χ2n) is 8.15. The summed E-state index contributed by atoms with van der Waals surface area (Å²) < 4.78 is 7.58. The standard InChI is InChI=1S/C24H21Cl2N5O2/c1-13-14(2)29-23-22(28-13)30-21(24(32)31(23)18-5-3-17(25)4-6-18)16-8-10-33-19(11-16)15-7-9-27-20(26)12-15/h3-7,9,12,16,19H,8,10-11H2,1-2H3. The van der Waals surface area contributed by atoms with Gasteiger partial charge in [-0.15, -0.1) is 0 Å². The summed E-state index contributed by atoms with van der Waals surface area (Å²) in [6.45, 7) is 4.27. The number of nitrogens with zero attached hydrogens (tertiary/aromatic N) is 5. The highest BCUT2D eigenvalue weighted by atomic mass is 35.5. The molecule has 0 saturated carbocycles. The van der Waals surface area contributed by atoms with E-state index in [-0.39, 0.29) is 17.6 Å². The normalized spacial score (nSPS) is 18.5. The smallest absolute Gasteiger partial charge is 0.278 e. The molecule has 0 amide bonds. The molecule has 4 heterocycles. The van der Waals surface area contributed by atoms with Gasteiger partial charge >= 0.3 is 0 Å². The Hall–Kier alpha value is -2.87. The molecule has 1 fully saturated rings. The molecular weight excluding hydrogens is 461 g/mol. The number of aromatic nitrogens is 5. The van der Waals surface area contributed by atoms with Crippen LogP contribution in [0.15, 0.2) is 47.4 Å². The van der Waals surface area contributed by atoms with Crippen LogP contribution in [-0.2, 0) is 4.74 Å². The Labute approximate surface area is 200 Å². The first-order chi connectivity index (χ1) is 15.9. The van der Waals surface area contributed by atoms with Gasteiger partial charge in [0.05, 0.1) is 23.2 Å². The van der Waals surface area contributed by atoms with E-state index in [1.807, 2.05) is 19.9 Å². The summed E-state index contributed by atoms with van der Waals surface area (Å²) in [6, 6.07) is 10.8. The van der Waals surface area contributed by atoms with E-state index >= 15 is 0 Å². The maximum absolute atomic E-state index is 13.8. The van der Waals surface area contributed by atoms with Gasteiger partial charge in [0.1, 0.15) is 10.8 Å². The summed E-state index contributed by atoms with van der Waals surface area (Å²) in [4.78, 5) is 31.9. The molecule has 0 bridgehead atoms. The van der Waals surface area contributed by atoms with Crippen LogP contribution in [0.1, 0.15) is 47.5 Å². The fourth-order valence-corrected chi connectivity index (χ4v) is 4.48. The molecule has 2 atom stereocenters. The Balaban J connectivity index is 1.65. The lowest BCUT2D eigenvalue weighted by molar-refractivity contribution is 0.00439. The molecule has 7 nitrogen and oxygen atoms in total. The molecule has 1 aromatic carbocycles. The highest BCUT2D eigenvalue weighted by Crippen LogP contribution is 2.36. The van der Waals surface area contributed by atoms with Gasteiger partial charge in [-0.2, -0.15) is 0 Å². The van der Waals surface area contributed by atoms with Gasteiger partial charge in [0.15, 0.2) is 11.3 Å². The van der Waals surface area contributed by atoms with E-state index in [4.69, 9.17) is 32.9 Å². The van der Waals surface area contributed by atoms with E-state index < -0.39 is 0 Å². The molecule has 4 aromatic rings. The van der Waals surface area contributed by atoms with E-state index in [2.05, 4.69) is 15.0 Å². The number of halogens is 2. The molecular formula is C24H21Cl2N5O2. The van der Waals surface area contributed by atoms with Gasteiger partial charge < -0.3 is 4.74 Å². The van der Waals surface area contributed by atoms with Gasteiger partial charge in [0.2, 0.25) is 0 Å². The summed E-state index contributed by atoms with van der Waals surface area (Å²) in [5.41, 5.74) is 4.25. The number of benzene rings is 1. The molecule has 0 aliphatic carbocycles. The van der Waals surface area contributed by atoms with Crippen LogP contribution in [0.4, 0.5) is 0 Å². The summed E-state index contributed by atoms with van der Waals surface area (Å²) in [7, 11) is 0. The van der Waals surface area contributed by atoms with Gasteiger partial charge in [0.25, 0.3) is 5.56 Å². The summed E-state index contributed by atoms with van der Waals surface area (Å²) in [5, 5.41) is 1.00. The van der Waals surface area contributed by atoms with E-state index in [1.54, 1.807) is 41.1 Å². The zero-order valence-electron chi connectivity index (χ0n) is 18.1. The predicted molar refractivity (Wildman–Crippen MR) is 127 cm³/mol. The largest absolute Gasteiger partial charge is 0.373 e. The molecule has 0 spiro atoms. The number of aryl methyl sites for hydroxylation is 2. The fourth-order valence-electron chi connectivity index (χ4n) is 4.17. The monoisotopic (exact) mass is 481 g/mol. The molecule has 1 aliphatic rings. The summed E-state index contributed by atoms with van der Waals surface area (Å²) >= 11 is 12.2. The third kappa shape index (κ3) is 4.24. The van der Waals surface area contributed by atoms with E-state index in [0.717, 1.165) is 17.0 Å². The first-order valence-corrected chi connectivity index (χ1v) is 11.4. The van der Waals surface area contributed by atoms with Gasteiger partial charge in [0, 0.05) is 23.7 Å². The van der Waals surface area contributed by atoms with Crippen molar-refractivity contribution in [1.82, 2.24) is 24.5 Å². The molecule has 1 aliphatic heterocycles. The molecule has 0 radical (unpaired) electrons. The van der Waals surface area contributed by atoms with Crippen molar-refractivity contribution in [3.8, 4) is 5.69 Å². The molecule has 168 valence electrons. The lowest BCUT2D eigenvalue weighted by Crippen LogP contribution is -2.30. The minimum Gasteiger partial charge on any atom is -0.373 e. The molecule has 0 N–H and O–H groups in total. The number of rotatable bonds is 3. The fraction of sp³-hybridized carbons (Fsp3) is 0.292. The highest BCUT2D eigenvalue weighted by molar-refractivity contribution is 6.30. The topological polar surface area (TPSA) is 82.8 Å². The minimum atomic E-state index is -0.208. The zero-order valence-corrected chi connectivity index (χ0v) is 19.6. The first kappa shape index (κ1) is 21.9. The van der Waals surface area contributed by atoms with Gasteiger partial charge in [-0.05, 0) is 68.7 Å². The van der Waals surface area contributed by atoms with Crippen LogP contribution in [0.5, 0.6) is 0 Å². The van der Waals surface area contributed by atoms with Gasteiger partial charge in [-0.1, -0.05) is 23.2 Å². The Morgan fingerprint density at radius 1 is 1.03 bits per heavy atom. The average molecular weight is 482 g/mol. The Kier molecular flexibility index (Phi) is 5.86. The SMILES string of the molecule is Cc1nc2nc(C3CCOC(c4ccnc(Cl)c4)C3)c(=O)n(-c3ccc(Cl)cc3)c2nc1C. The van der Waals surface area contributed by atoms with Crippen molar-refractivity contribution in [2.45, 2.75) is 38.7 Å². The van der Waals surface area contributed by atoms with Crippen LogP contribution in [0, 0.1) is 13.8 Å². The number of hydrogen-bond acceptors (Lipinski definition) is 6. The van der Waals surface area contributed by atoms with Crippen molar-refractivity contribution in [1.29, 1.82) is 0 Å². The summed E-state index contributed by atoms with van der Waals surface area (Å²) in [5.74, 6) is -0.102. The van der Waals surface area contributed by atoms with Crippen molar-refractivity contribution in [2.24, 2.45) is 0 Å². The average Bonchev–Trinajstić information content (AvgIpc) is 2.81. The Morgan fingerprint density at radius 2 is 1.79 bits per heavy atom. The lowest BCUT2D eigenvalue weighted by atomic mass is 9.89. The molecule has 3 aromatic heterocycles. The van der Waals surface area contributed by atoms with Crippen LogP contribution >= 0.6 is 23.2 Å². The molecule has 9 heteroatoms. The van der Waals surface area contributed by atoms with Crippen LogP contribution < -0.4 is 5.56 Å². The minimum absolute atomic E-state index is 0.102. The molecule has 5 rings (SSSR count). The quantitative estimate of drug-likeness (QED) is 0.377. The maximum Gasteiger partial charge on any atom is 0.278 e. The Morgan fingerprint density at radius 3 is 2.55 bits per heavy atom. The number of ether oxygens (including phenoxy) is 1. The highest BCUT2D eigenvalue weighted by Gasteiger charge is 2.30. The van der Waals surface area contributed by atoms with Crippen molar-refractivity contribution in [3.63, 3.8) is 0 Å². The first-order valence-electron chi connectivity index (χ1n) is 10.7. The van der Waals surface area contributed by atoms with Gasteiger partial charge in [-0.25, -0.2) is 19.9 Å². The number of fused-ring (bicyclic) bond motifs is 1. The van der Waals surface area contributed by atoms with E-state index in [1.165, 1.54) is 0 Å². The predicted octanol–water partition coefficient (Wildman–Crippen LogP) is 5.13. The van der Waals surface area contributed by atoms with Crippen LogP contribution in [0.3, 0.4) is 0 Å². The number of hydrogen-bond donors (Lipinski definition) is 0. The lowest BCUT2D eigenvalue weighted by Gasteiger charge is -2.29. The van der Waals surface area contributed by atoms with Crippen molar-refractivity contribution < 1.29 is 4.74 Å². The van der Waals surface area contributed by atoms with E-state index in [9.17, 15) is 4.79 Å².